The van der Waals surface area contributed by atoms with Gasteiger partial charge in [0.1, 0.15) is 4.90 Å². The van der Waals surface area contributed by atoms with Crippen LogP contribution in [0.4, 0.5) is 5.82 Å². The van der Waals surface area contributed by atoms with Crippen LogP contribution in [0.15, 0.2) is 11.1 Å². The molecule has 0 bridgehead atoms. The standard InChI is InChI=1S/C8H16N4O2S/c1-3-5-10-15(13,14)7-6-12(4-2)11-8(7)9/h6,10H,3-5H2,1-2H3,(H2,9,11). The first-order valence-corrected chi connectivity index (χ1v) is 6.32. The molecule has 1 aromatic heterocycles. The van der Waals surface area contributed by atoms with Crippen molar-refractivity contribution in [2.75, 3.05) is 12.3 Å². The zero-order valence-electron chi connectivity index (χ0n) is 8.90. The van der Waals surface area contributed by atoms with Gasteiger partial charge in [0.05, 0.1) is 0 Å². The molecular formula is C8H16N4O2S. The van der Waals surface area contributed by atoms with Gasteiger partial charge < -0.3 is 5.73 Å². The monoisotopic (exact) mass is 232 g/mol. The molecule has 0 saturated carbocycles. The Balaban J connectivity index is 2.99. The Bertz CT molecular complexity index is 424. The molecule has 3 N–H and O–H groups in total. The molecule has 86 valence electrons. The van der Waals surface area contributed by atoms with E-state index in [1.807, 2.05) is 13.8 Å². The topological polar surface area (TPSA) is 90.0 Å². The lowest BCUT2D eigenvalue weighted by molar-refractivity contribution is 0.580. The van der Waals surface area contributed by atoms with E-state index in [0.717, 1.165) is 6.42 Å². The van der Waals surface area contributed by atoms with Crippen molar-refractivity contribution in [2.24, 2.45) is 0 Å². The number of nitrogens with one attached hydrogen (secondary N) is 1. The molecule has 0 fully saturated rings. The zero-order valence-corrected chi connectivity index (χ0v) is 9.71. The molecule has 0 unspecified atom stereocenters. The van der Waals surface area contributed by atoms with E-state index >= 15 is 0 Å². The molecule has 0 aliphatic heterocycles. The van der Waals surface area contributed by atoms with Gasteiger partial charge in [0.15, 0.2) is 5.82 Å². The number of sulfonamides is 1. The van der Waals surface area contributed by atoms with Crippen molar-refractivity contribution in [3.05, 3.63) is 6.20 Å². The summed E-state index contributed by atoms with van der Waals surface area (Å²) in [5.41, 5.74) is 5.52. The Morgan fingerprint density at radius 1 is 1.53 bits per heavy atom. The molecule has 6 nitrogen and oxygen atoms in total. The minimum atomic E-state index is -3.50. The minimum absolute atomic E-state index is 0.0421. The summed E-state index contributed by atoms with van der Waals surface area (Å²) in [6.45, 7) is 4.75. The smallest absolute Gasteiger partial charge is 0.245 e. The summed E-state index contributed by atoms with van der Waals surface area (Å²) in [6, 6.07) is 0. The number of hydrogen-bond donors (Lipinski definition) is 2. The highest BCUT2D eigenvalue weighted by atomic mass is 32.2. The lowest BCUT2D eigenvalue weighted by Crippen LogP contribution is -2.24. The van der Waals surface area contributed by atoms with E-state index in [1.165, 1.54) is 10.9 Å². The van der Waals surface area contributed by atoms with Crippen LogP contribution in [0.3, 0.4) is 0 Å². The average molecular weight is 232 g/mol. The molecule has 0 aliphatic rings. The van der Waals surface area contributed by atoms with Crippen molar-refractivity contribution in [3.8, 4) is 0 Å². The fourth-order valence-electron chi connectivity index (χ4n) is 1.10. The van der Waals surface area contributed by atoms with Crippen molar-refractivity contribution in [1.82, 2.24) is 14.5 Å². The van der Waals surface area contributed by atoms with E-state index in [0.29, 0.717) is 13.1 Å². The van der Waals surface area contributed by atoms with E-state index in [9.17, 15) is 8.42 Å². The lowest BCUT2D eigenvalue weighted by Gasteiger charge is -2.02. The third-order valence-corrected chi connectivity index (χ3v) is 3.39. The van der Waals surface area contributed by atoms with Crippen molar-refractivity contribution < 1.29 is 8.42 Å². The average Bonchev–Trinajstić information content (AvgIpc) is 2.57. The highest BCUT2D eigenvalue weighted by molar-refractivity contribution is 7.89. The SMILES string of the molecule is CCCNS(=O)(=O)c1cn(CC)nc1N. The predicted octanol–water partition coefficient (Wildman–Crippen LogP) is 0.173. The molecule has 15 heavy (non-hydrogen) atoms. The Morgan fingerprint density at radius 3 is 2.67 bits per heavy atom. The predicted molar refractivity (Wildman–Crippen MR) is 57.8 cm³/mol. The molecule has 1 heterocycles. The second-order valence-electron chi connectivity index (χ2n) is 3.13. The van der Waals surface area contributed by atoms with E-state index < -0.39 is 10.0 Å². The maximum Gasteiger partial charge on any atom is 0.245 e. The van der Waals surface area contributed by atoms with Gasteiger partial charge in [0, 0.05) is 19.3 Å². The fourth-order valence-corrected chi connectivity index (χ4v) is 2.31. The second-order valence-corrected chi connectivity index (χ2v) is 4.87. The van der Waals surface area contributed by atoms with Gasteiger partial charge in [-0.1, -0.05) is 6.92 Å². The molecule has 7 heteroatoms. The zero-order chi connectivity index (χ0) is 11.5. The number of rotatable bonds is 5. The van der Waals surface area contributed by atoms with Gasteiger partial charge in [0.25, 0.3) is 0 Å². The third kappa shape index (κ3) is 2.69. The summed E-state index contributed by atoms with van der Waals surface area (Å²) in [5, 5.41) is 3.88. The Hall–Kier alpha value is -1.08. The van der Waals surface area contributed by atoms with Gasteiger partial charge in [-0.15, -0.1) is 0 Å². The lowest BCUT2D eigenvalue weighted by atomic mass is 10.5. The molecule has 0 aromatic carbocycles. The first kappa shape index (κ1) is 12.0. The highest BCUT2D eigenvalue weighted by Gasteiger charge is 2.19. The van der Waals surface area contributed by atoms with Crippen molar-refractivity contribution >= 4 is 15.8 Å². The van der Waals surface area contributed by atoms with E-state index in [4.69, 9.17) is 5.73 Å². The Labute approximate surface area is 89.5 Å². The Morgan fingerprint density at radius 2 is 2.20 bits per heavy atom. The first-order chi connectivity index (χ1) is 7.01. The second kappa shape index (κ2) is 4.63. The van der Waals surface area contributed by atoms with Gasteiger partial charge >= 0.3 is 0 Å². The molecule has 0 spiro atoms. The molecular weight excluding hydrogens is 216 g/mol. The normalized spacial score (nSPS) is 11.9. The van der Waals surface area contributed by atoms with Gasteiger partial charge in [-0.2, -0.15) is 5.10 Å². The number of aromatic nitrogens is 2. The summed E-state index contributed by atoms with van der Waals surface area (Å²) >= 11 is 0. The first-order valence-electron chi connectivity index (χ1n) is 4.83. The van der Waals surface area contributed by atoms with Crippen LogP contribution in [0.1, 0.15) is 20.3 Å². The molecule has 0 amide bonds. The summed E-state index contributed by atoms with van der Waals surface area (Å²) in [4.78, 5) is 0.0535. The number of anilines is 1. The van der Waals surface area contributed by atoms with Crippen molar-refractivity contribution in [3.63, 3.8) is 0 Å². The highest BCUT2D eigenvalue weighted by Crippen LogP contribution is 2.15. The van der Waals surface area contributed by atoms with Gasteiger partial charge in [-0.3, -0.25) is 4.68 Å². The van der Waals surface area contributed by atoms with Gasteiger partial charge in [-0.05, 0) is 13.3 Å². The van der Waals surface area contributed by atoms with Crippen LogP contribution in [0, 0.1) is 0 Å². The van der Waals surface area contributed by atoms with Crippen LogP contribution in [-0.4, -0.2) is 24.7 Å². The van der Waals surface area contributed by atoms with Crippen molar-refractivity contribution in [2.45, 2.75) is 31.7 Å². The third-order valence-electron chi connectivity index (χ3n) is 1.91. The molecule has 1 rings (SSSR count). The number of nitrogens with two attached hydrogens (primary N) is 1. The molecule has 0 aliphatic carbocycles. The van der Waals surface area contributed by atoms with Crippen LogP contribution in [0.5, 0.6) is 0 Å². The quantitative estimate of drug-likeness (QED) is 0.757. The van der Waals surface area contributed by atoms with Gasteiger partial charge in [0.2, 0.25) is 10.0 Å². The van der Waals surface area contributed by atoms with Gasteiger partial charge in [-0.25, -0.2) is 13.1 Å². The van der Waals surface area contributed by atoms with Crippen LogP contribution in [0.2, 0.25) is 0 Å². The summed E-state index contributed by atoms with van der Waals surface area (Å²) in [6.07, 6.45) is 2.17. The number of aryl methyl sites for hydroxylation is 1. The van der Waals surface area contributed by atoms with E-state index in [2.05, 4.69) is 9.82 Å². The van der Waals surface area contributed by atoms with E-state index in [1.54, 1.807) is 0 Å². The maximum absolute atomic E-state index is 11.7. The number of hydrogen-bond acceptors (Lipinski definition) is 4. The van der Waals surface area contributed by atoms with Crippen LogP contribution < -0.4 is 10.5 Å². The van der Waals surface area contributed by atoms with Crippen LogP contribution >= 0.6 is 0 Å². The summed E-state index contributed by atoms with van der Waals surface area (Å²) < 4.78 is 27.3. The maximum atomic E-state index is 11.7. The fraction of sp³-hybridized carbons (Fsp3) is 0.625. The number of nitrogens with zero attached hydrogens (tertiary/aromatic N) is 2. The molecule has 1 aromatic rings. The summed E-state index contributed by atoms with van der Waals surface area (Å²) in [5.74, 6) is 0.0421. The van der Waals surface area contributed by atoms with Crippen LogP contribution in [0.25, 0.3) is 0 Å². The molecule has 0 saturated heterocycles. The van der Waals surface area contributed by atoms with Crippen LogP contribution in [-0.2, 0) is 16.6 Å². The van der Waals surface area contributed by atoms with Crippen molar-refractivity contribution in [1.29, 1.82) is 0 Å². The number of nitrogen functional groups attached to an aromatic ring is 1. The van der Waals surface area contributed by atoms with E-state index in [-0.39, 0.29) is 10.7 Å². The molecule has 0 radical (unpaired) electrons. The molecule has 0 atom stereocenters. The minimum Gasteiger partial charge on any atom is -0.381 e. The Kier molecular flexibility index (Phi) is 3.70. The summed E-state index contributed by atoms with van der Waals surface area (Å²) in [7, 11) is -3.50. The largest absolute Gasteiger partial charge is 0.381 e.